The fraction of sp³-hybridized carbons (Fsp3) is 0.385. The van der Waals surface area contributed by atoms with Gasteiger partial charge in [0.05, 0.1) is 23.4 Å². The Morgan fingerprint density at radius 3 is 3.16 bits per heavy atom. The molecule has 1 unspecified atom stereocenters. The minimum atomic E-state index is -0.411. The number of para-hydroxylation sites is 1. The van der Waals surface area contributed by atoms with Crippen molar-refractivity contribution >= 4 is 32.6 Å². The Morgan fingerprint density at radius 2 is 2.37 bits per heavy atom. The van der Waals surface area contributed by atoms with E-state index in [1.54, 1.807) is 18.4 Å². The summed E-state index contributed by atoms with van der Waals surface area (Å²) >= 11 is 1.65. The molecule has 0 bridgehead atoms. The van der Waals surface area contributed by atoms with Gasteiger partial charge in [0.1, 0.15) is 0 Å². The highest BCUT2D eigenvalue weighted by atomic mass is 32.1. The van der Waals surface area contributed by atoms with Crippen LogP contribution in [0.1, 0.15) is 0 Å². The number of carbonyl (C=O) groups is 1. The van der Waals surface area contributed by atoms with Gasteiger partial charge in [0.2, 0.25) is 0 Å². The highest BCUT2D eigenvalue weighted by molar-refractivity contribution is 7.22. The third kappa shape index (κ3) is 2.41. The quantitative estimate of drug-likeness (QED) is 0.897. The summed E-state index contributed by atoms with van der Waals surface area (Å²) in [5.41, 5.74) is 1.01. The van der Waals surface area contributed by atoms with Crippen LogP contribution in [0.4, 0.5) is 5.13 Å². The van der Waals surface area contributed by atoms with Gasteiger partial charge in [-0.3, -0.25) is 4.79 Å². The smallest absolute Gasteiger partial charge is 0.250 e. The van der Waals surface area contributed by atoms with E-state index < -0.39 is 6.10 Å². The second-order valence-electron chi connectivity index (χ2n) is 4.38. The van der Waals surface area contributed by atoms with Gasteiger partial charge >= 0.3 is 0 Å². The summed E-state index contributed by atoms with van der Waals surface area (Å²) < 4.78 is 6.65. The van der Waals surface area contributed by atoms with E-state index in [4.69, 9.17) is 4.74 Å². The van der Waals surface area contributed by atoms with E-state index in [0.29, 0.717) is 13.2 Å². The van der Waals surface area contributed by atoms with Crippen LogP contribution in [0.25, 0.3) is 10.2 Å². The Balaban J connectivity index is 1.83. The number of nitrogens with one attached hydrogen (secondary N) is 1. The van der Waals surface area contributed by atoms with Crippen molar-refractivity contribution in [2.24, 2.45) is 0 Å². The minimum absolute atomic E-state index is 0.0780. The summed E-state index contributed by atoms with van der Waals surface area (Å²) in [5, 5.41) is 3.58. The molecule has 3 rings (SSSR count). The lowest BCUT2D eigenvalue weighted by Crippen LogP contribution is -2.49. The number of fused-ring (bicyclic) bond motifs is 1. The molecule has 1 aromatic carbocycles. The fourth-order valence-electron chi connectivity index (χ4n) is 2.14. The van der Waals surface area contributed by atoms with Crippen LogP contribution < -0.4 is 10.2 Å². The normalized spacial score (nSPS) is 19.6. The van der Waals surface area contributed by atoms with Crippen molar-refractivity contribution in [3.05, 3.63) is 24.3 Å². The molecule has 6 heteroatoms. The molecule has 2 heterocycles. The summed E-state index contributed by atoms with van der Waals surface area (Å²) in [6.45, 7) is 1.88. The number of carbonyl (C=O) groups excluding carboxylic acids is 1. The van der Waals surface area contributed by atoms with Gasteiger partial charge in [0.15, 0.2) is 11.2 Å². The Kier molecular flexibility index (Phi) is 3.35. The van der Waals surface area contributed by atoms with Crippen molar-refractivity contribution in [1.29, 1.82) is 0 Å². The minimum Gasteiger partial charge on any atom is -0.365 e. The molecular weight excluding hydrogens is 262 g/mol. The number of hydrogen-bond donors (Lipinski definition) is 1. The van der Waals surface area contributed by atoms with Crippen molar-refractivity contribution in [2.75, 3.05) is 31.6 Å². The van der Waals surface area contributed by atoms with Crippen molar-refractivity contribution in [3.63, 3.8) is 0 Å². The highest BCUT2D eigenvalue weighted by Crippen LogP contribution is 2.29. The van der Waals surface area contributed by atoms with Gasteiger partial charge in [0, 0.05) is 13.6 Å². The Morgan fingerprint density at radius 1 is 1.53 bits per heavy atom. The zero-order valence-corrected chi connectivity index (χ0v) is 11.4. The molecule has 0 aliphatic carbocycles. The number of benzene rings is 1. The van der Waals surface area contributed by atoms with Gasteiger partial charge in [-0.1, -0.05) is 23.5 Å². The zero-order chi connectivity index (χ0) is 13.2. The molecule has 1 aromatic heterocycles. The Bertz CT molecular complexity index is 565. The lowest BCUT2D eigenvalue weighted by atomic mass is 10.2. The largest absolute Gasteiger partial charge is 0.365 e. The SMILES string of the molecule is CNC(=O)C1CN(c2nc3ccccc3s2)CCO1. The maximum Gasteiger partial charge on any atom is 0.250 e. The van der Waals surface area contributed by atoms with Gasteiger partial charge in [-0.2, -0.15) is 0 Å². The van der Waals surface area contributed by atoms with E-state index in [-0.39, 0.29) is 5.91 Å². The number of hydrogen-bond acceptors (Lipinski definition) is 5. The lowest BCUT2D eigenvalue weighted by Gasteiger charge is -2.31. The first-order chi connectivity index (χ1) is 9.28. The lowest BCUT2D eigenvalue weighted by molar-refractivity contribution is -0.132. The molecule has 1 fully saturated rings. The molecule has 0 saturated carbocycles. The van der Waals surface area contributed by atoms with Crippen LogP contribution in [0.15, 0.2) is 24.3 Å². The number of anilines is 1. The molecule has 0 spiro atoms. The van der Waals surface area contributed by atoms with E-state index in [9.17, 15) is 4.79 Å². The molecule has 0 radical (unpaired) electrons. The second-order valence-corrected chi connectivity index (χ2v) is 5.39. The first kappa shape index (κ1) is 12.4. The second kappa shape index (κ2) is 5.14. The third-order valence-corrected chi connectivity index (χ3v) is 4.26. The monoisotopic (exact) mass is 277 g/mol. The zero-order valence-electron chi connectivity index (χ0n) is 10.6. The molecule has 1 aliphatic rings. The van der Waals surface area contributed by atoms with Crippen LogP contribution in [0.5, 0.6) is 0 Å². The van der Waals surface area contributed by atoms with Gasteiger partial charge in [0.25, 0.3) is 5.91 Å². The first-order valence-electron chi connectivity index (χ1n) is 6.21. The number of likely N-dealkylation sites (N-methyl/N-ethyl adjacent to an activating group) is 1. The average Bonchev–Trinajstić information content (AvgIpc) is 2.90. The third-order valence-electron chi connectivity index (χ3n) is 3.16. The van der Waals surface area contributed by atoms with Crippen molar-refractivity contribution in [3.8, 4) is 0 Å². The van der Waals surface area contributed by atoms with Gasteiger partial charge < -0.3 is 15.0 Å². The molecule has 1 N–H and O–H groups in total. The number of aromatic nitrogens is 1. The maximum atomic E-state index is 11.6. The van der Waals surface area contributed by atoms with Crippen LogP contribution in [-0.2, 0) is 9.53 Å². The molecule has 2 aromatic rings. The number of nitrogens with zero attached hydrogens (tertiary/aromatic N) is 2. The van der Waals surface area contributed by atoms with Crippen LogP contribution >= 0.6 is 11.3 Å². The van der Waals surface area contributed by atoms with Crippen molar-refractivity contribution in [1.82, 2.24) is 10.3 Å². The molecular formula is C13H15N3O2S. The summed E-state index contributed by atoms with van der Waals surface area (Å²) in [7, 11) is 1.63. The molecule has 1 aliphatic heterocycles. The van der Waals surface area contributed by atoms with E-state index >= 15 is 0 Å². The van der Waals surface area contributed by atoms with Gasteiger partial charge in [-0.25, -0.2) is 4.98 Å². The number of rotatable bonds is 2. The summed E-state index contributed by atoms with van der Waals surface area (Å²) in [6, 6.07) is 8.06. The van der Waals surface area contributed by atoms with Crippen LogP contribution in [0.2, 0.25) is 0 Å². The van der Waals surface area contributed by atoms with E-state index in [2.05, 4.69) is 21.3 Å². The molecule has 1 amide bonds. The molecule has 19 heavy (non-hydrogen) atoms. The molecule has 100 valence electrons. The van der Waals surface area contributed by atoms with Gasteiger partial charge in [-0.15, -0.1) is 0 Å². The highest BCUT2D eigenvalue weighted by Gasteiger charge is 2.27. The van der Waals surface area contributed by atoms with Gasteiger partial charge in [-0.05, 0) is 12.1 Å². The molecule has 1 atom stereocenters. The first-order valence-corrected chi connectivity index (χ1v) is 7.03. The average molecular weight is 277 g/mol. The summed E-state index contributed by atoms with van der Waals surface area (Å²) in [5.74, 6) is -0.0780. The topological polar surface area (TPSA) is 54.5 Å². The standard InChI is InChI=1S/C13H15N3O2S/c1-14-12(17)10-8-16(6-7-18-10)13-15-9-4-2-3-5-11(9)19-13/h2-5,10H,6-8H2,1H3,(H,14,17). The fourth-order valence-corrected chi connectivity index (χ4v) is 3.14. The van der Waals surface area contributed by atoms with E-state index in [0.717, 1.165) is 17.2 Å². The predicted molar refractivity (Wildman–Crippen MR) is 75.6 cm³/mol. The molecule has 5 nitrogen and oxygen atoms in total. The van der Waals surface area contributed by atoms with E-state index in [1.807, 2.05) is 18.2 Å². The van der Waals surface area contributed by atoms with Crippen LogP contribution in [-0.4, -0.2) is 43.7 Å². The number of thiazole rings is 1. The molecule has 1 saturated heterocycles. The van der Waals surface area contributed by atoms with Crippen LogP contribution in [0.3, 0.4) is 0 Å². The number of amides is 1. The summed E-state index contributed by atoms with van der Waals surface area (Å²) in [6.07, 6.45) is -0.411. The predicted octanol–water partition coefficient (Wildman–Crippen LogP) is 1.25. The summed E-state index contributed by atoms with van der Waals surface area (Å²) in [4.78, 5) is 18.4. The Labute approximate surface area is 115 Å². The van der Waals surface area contributed by atoms with Crippen LogP contribution in [0, 0.1) is 0 Å². The Hall–Kier alpha value is -1.66. The van der Waals surface area contributed by atoms with Crippen molar-refractivity contribution in [2.45, 2.75) is 6.10 Å². The van der Waals surface area contributed by atoms with E-state index in [1.165, 1.54) is 4.70 Å². The number of ether oxygens (including phenoxy) is 1. The van der Waals surface area contributed by atoms with Crippen molar-refractivity contribution < 1.29 is 9.53 Å². The number of morpholine rings is 1. The maximum absolute atomic E-state index is 11.6.